The summed E-state index contributed by atoms with van der Waals surface area (Å²) in [4.78, 5) is 23.5. The summed E-state index contributed by atoms with van der Waals surface area (Å²) < 4.78 is 0. The van der Waals surface area contributed by atoms with E-state index < -0.39 is 12.0 Å². The number of nitrogens with one attached hydrogen (secondary N) is 1. The molecule has 0 aliphatic carbocycles. The molecule has 1 heterocycles. The molecular formula is C11H16N2O3S. The van der Waals surface area contributed by atoms with Crippen LogP contribution in [-0.2, 0) is 4.79 Å². The standard InChI is InChI=1S/C11H16N2O3S/c1-2-5-13(7-10(14)15)11(16)12-9-4-3-6-17-8-9/h1,9H,3-8H2,(H,12,16)(H,14,15). The number of hydrogen-bond acceptors (Lipinski definition) is 3. The number of carboxylic acids is 1. The van der Waals surface area contributed by atoms with Crippen LogP contribution in [-0.4, -0.2) is 52.6 Å². The first-order valence-electron chi connectivity index (χ1n) is 5.42. The molecule has 1 rings (SSSR count). The summed E-state index contributed by atoms with van der Waals surface area (Å²) in [6.07, 6.45) is 7.12. The number of amides is 2. The summed E-state index contributed by atoms with van der Waals surface area (Å²) in [5.41, 5.74) is 0. The van der Waals surface area contributed by atoms with E-state index in [4.69, 9.17) is 11.5 Å². The van der Waals surface area contributed by atoms with E-state index in [1.165, 1.54) is 0 Å². The van der Waals surface area contributed by atoms with Crippen molar-refractivity contribution >= 4 is 23.8 Å². The summed E-state index contributed by atoms with van der Waals surface area (Å²) >= 11 is 1.79. The van der Waals surface area contributed by atoms with E-state index in [9.17, 15) is 9.59 Å². The first kappa shape index (κ1) is 13.7. The van der Waals surface area contributed by atoms with Crippen molar-refractivity contribution in [2.45, 2.75) is 18.9 Å². The third-order valence-electron chi connectivity index (χ3n) is 2.38. The molecule has 0 aromatic carbocycles. The Morgan fingerprint density at radius 2 is 2.35 bits per heavy atom. The van der Waals surface area contributed by atoms with Gasteiger partial charge in [-0.3, -0.25) is 4.79 Å². The highest BCUT2D eigenvalue weighted by Crippen LogP contribution is 2.16. The molecule has 1 fully saturated rings. The number of urea groups is 1. The number of aliphatic carboxylic acids is 1. The number of hydrogen-bond donors (Lipinski definition) is 2. The third-order valence-corrected chi connectivity index (χ3v) is 3.60. The average molecular weight is 256 g/mol. The van der Waals surface area contributed by atoms with Gasteiger partial charge in [-0.1, -0.05) is 5.92 Å². The Hall–Kier alpha value is -1.35. The predicted octanol–water partition coefficient (Wildman–Crippen LogP) is 0.611. The maximum absolute atomic E-state index is 11.8. The van der Waals surface area contributed by atoms with Crippen molar-refractivity contribution in [3.8, 4) is 12.3 Å². The van der Waals surface area contributed by atoms with Gasteiger partial charge in [0.25, 0.3) is 0 Å². The summed E-state index contributed by atoms with van der Waals surface area (Å²) in [5, 5.41) is 11.5. The smallest absolute Gasteiger partial charge is 0.323 e. The van der Waals surface area contributed by atoms with Gasteiger partial charge in [-0.05, 0) is 18.6 Å². The molecule has 2 amide bonds. The van der Waals surface area contributed by atoms with E-state index in [0.29, 0.717) is 0 Å². The molecule has 94 valence electrons. The fraction of sp³-hybridized carbons (Fsp3) is 0.636. The molecule has 5 nitrogen and oxygen atoms in total. The minimum absolute atomic E-state index is 0.0119. The molecule has 0 spiro atoms. The molecule has 17 heavy (non-hydrogen) atoms. The molecule has 1 aliphatic rings. The highest BCUT2D eigenvalue weighted by atomic mass is 32.2. The van der Waals surface area contributed by atoms with E-state index in [1.807, 2.05) is 0 Å². The van der Waals surface area contributed by atoms with Crippen LogP contribution in [0.25, 0.3) is 0 Å². The van der Waals surface area contributed by atoms with Crippen LogP contribution in [0.15, 0.2) is 0 Å². The number of carbonyl (C=O) groups excluding carboxylic acids is 1. The fourth-order valence-electron chi connectivity index (χ4n) is 1.59. The van der Waals surface area contributed by atoms with Crippen LogP contribution in [0.2, 0.25) is 0 Å². The molecule has 1 saturated heterocycles. The van der Waals surface area contributed by atoms with Gasteiger partial charge in [0.1, 0.15) is 6.54 Å². The van der Waals surface area contributed by atoms with Gasteiger partial charge in [0.2, 0.25) is 0 Å². The van der Waals surface area contributed by atoms with Gasteiger partial charge in [-0.15, -0.1) is 6.42 Å². The molecule has 1 aliphatic heterocycles. The van der Waals surface area contributed by atoms with Gasteiger partial charge in [-0.25, -0.2) is 4.79 Å². The predicted molar refractivity (Wildman–Crippen MR) is 66.9 cm³/mol. The molecule has 2 N–H and O–H groups in total. The van der Waals surface area contributed by atoms with Crippen LogP contribution in [0.4, 0.5) is 4.79 Å². The highest BCUT2D eigenvalue weighted by Gasteiger charge is 2.20. The normalized spacial score (nSPS) is 19.1. The van der Waals surface area contributed by atoms with E-state index in [2.05, 4.69) is 11.2 Å². The zero-order valence-electron chi connectivity index (χ0n) is 9.52. The van der Waals surface area contributed by atoms with Crippen LogP contribution in [0.5, 0.6) is 0 Å². The Morgan fingerprint density at radius 3 is 2.88 bits per heavy atom. The SMILES string of the molecule is C#CCN(CC(=O)O)C(=O)NC1CCCSC1. The second-order valence-electron chi connectivity index (χ2n) is 3.82. The number of terminal acetylenes is 1. The fourth-order valence-corrected chi connectivity index (χ4v) is 2.67. The highest BCUT2D eigenvalue weighted by molar-refractivity contribution is 7.99. The topological polar surface area (TPSA) is 69.6 Å². The van der Waals surface area contributed by atoms with Crippen molar-refractivity contribution < 1.29 is 14.7 Å². The van der Waals surface area contributed by atoms with Crippen LogP contribution < -0.4 is 5.32 Å². The van der Waals surface area contributed by atoms with Gasteiger partial charge in [0.15, 0.2) is 0 Å². The van der Waals surface area contributed by atoms with E-state index in [-0.39, 0.29) is 19.1 Å². The molecule has 6 heteroatoms. The third kappa shape index (κ3) is 5.00. The Bertz CT molecular complexity index is 321. The Labute approximate surface area is 105 Å². The van der Waals surface area contributed by atoms with Crippen molar-refractivity contribution in [2.75, 3.05) is 24.6 Å². The van der Waals surface area contributed by atoms with Gasteiger partial charge in [-0.2, -0.15) is 11.8 Å². The summed E-state index contributed by atoms with van der Waals surface area (Å²) in [7, 11) is 0. The first-order chi connectivity index (χ1) is 8.13. The molecule has 1 atom stereocenters. The Morgan fingerprint density at radius 1 is 1.59 bits per heavy atom. The minimum Gasteiger partial charge on any atom is -0.480 e. The summed E-state index contributed by atoms with van der Waals surface area (Å²) in [5.74, 6) is 3.22. The number of nitrogens with zero attached hydrogens (tertiary/aromatic N) is 1. The summed E-state index contributed by atoms with van der Waals surface area (Å²) in [6.45, 7) is -0.353. The van der Waals surface area contributed by atoms with Crippen molar-refractivity contribution in [1.29, 1.82) is 0 Å². The molecule has 0 aromatic rings. The zero-order chi connectivity index (χ0) is 12.7. The zero-order valence-corrected chi connectivity index (χ0v) is 10.3. The van der Waals surface area contributed by atoms with Crippen LogP contribution in [0, 0.1) is 12.3 Å². The lowest BCUT2D eigenvalue weighted by Gasteiger charge is -2.26. The van der Waals surface area contributed by atoms with Crippen LogP contribution in [0.1, 0.15) is 12.8 Å². The lowest BCUT2D eigenvalue weighted by molar-refractivity contribution is -0.137. The largest absolute Gasteiger partial charge is 0.480 e. The Kier molecular flexibility index (Phi) is 5.70. The number of thioether (sulfide) groups is 1. The summed E-state index contributed by atoms with van der Waals surface area (Å²) in [6, 6.07) is -0.270. The van der Waals surface area contributed by atoms with Crippen molar-refractivity contribution in [2.24, 2.45) is 0 Å². The Balaban J connectivity index is 2.46. The molecular weight excluding hydrogens is 240 g/mol. The second-order valence-corrected chi connectivity index (χ2v) is 4.97. The number of carbonyl (C=O) groups is 2. The number of rotatable bonds is 4. The molecule has 0 aromatic heterocycles. The second kappa shape index (κ2) is 7.07. The lowest BCUT2D eigenvalue weighted by Crippen LogP contribution is -2.48. The van der Waals surface area contributed by atoms with Crippen molar-refractivity contribution in [3.05, 3.63) is 0 Å². The lowest BCUT2D eigenvalue weighted by atomic mass is 10.2. The number of carboxylic acid groups (broad SMARTS) is 1. The first-order valence-corrected chi connectivity index (χ1v) is 6.57. The van der Waals surface area contributed by atoms with Crippen molar-refractivity contribution in [3.63, 3.8) is 0 Å². The monoisotopic (exact) mass is 256 g/mol. The maximum atomic E-state index is 11.8. The molecule has 0 radical (unpaired) electrons. The van der Waals surface area contributed by atoms with Crippen LogP contribution in [0.3, 0.4) is 0 Å². The quantitative estimate of drug-likeness (QED) is 0.723. The van der Waals surface area contributed by atoms with Crippen LogP contribution >= 0.6 is 11.8 Å². The van der Waals surface area contributed by atoms with Gasteiger partial charge in [0.05, 0.1) is 6.54 Å². The van der Waals surface area contributed by atoms with E-state index in [0.717, 1.165) is 29.2 Å². The van der Waals surface area contributed by atoms with Gasteiger partial charge in [0, 0.05) is 11.8 Å². The maximum Gasteiger partial charge on any atom is 0.323 e. The van der Waals surface area contributed by atoms with Gasteiger partial charge >= 0.3 is 12.0 Å². The van der Waals surface area contributed by atoms with E-state index in [1.54, 1.807) is 11.8 Å². The molecule has 1 unspecified atom stereocenters. The van der Waals surface area contributed by atoms with E-state index >= 15 is 0 Å². The van der Waals surface area contributed by atoms with Gasteiger partial charge < -0.3 is 15.3 Å². The minimum atomic E-state index is -1.06. The average Bonchev–Trinajstić information content (AvgIpc) is 2.29. The van der Waals surface area contributed by atoms with Crippen molar-refractivity contribution in [1.82, 2.24) is 10.2 Å². The molecule has 0 bridgehead atoms. The molecule has 0 saturated carbocycles.